The third kappa shape index (κ3) is 2.60. The minimum atomic E-state index is -0.468. The van der Waals surface area contributed by atoms with E-state index in [4.69, 9.17) is 14.7 Å². The van der Waals surface area contributed by atoms with Gasteiger partial charge in [-0.2, -0.15) is 4.98 Å². The van der Waals surface area contributed by atoms with Crippen molar-refractivity contribution >= 4 is 0 Å². The molecule has 0 spiro atoms. The Bertz CT molecular complexity index is 234. The number of hydrogen-bond acceptors (Lipinski definition) is 5. The molecule has 68 valence electrons. The van der Waals surface area contributed by atoms with Gasteiger partial charge in [0.15, 0.2) is 5.82 Å². The first-order valence-corrected chi connectivity index (χ1v) is 3.82. The van der Waals surface area contributed by atoms with Crippen molar-refractivity contribution in [3.8, 4) is 0 Å². The van der Waals surface area contributed by atoms with Crippen LogP contribution in [0.3, 0.4) is 0 Å². The molecule has 0 amide bonds. The van der Waals surface area contributed by atoms with Gasteiger partial charge >= 0.3 is 0 Å². The van der Waals surface area contributed by atoms with Crippen LogP contribution < -0.4 is 0 Å². The lowest BCUT2D eigenvalue weighted by Gasteiger charge is -1.95. The lowest BCUT2D eigenvalue weighted by Crippen LogP contribution is -2.05. The Morgan fingerprint density at radius 1 is 1.58 bits per heavy atom. The van der Waals surface area contributed by atoms with Crippen LogP contribution in [0, 0.1) is 0 Å². The molecule has 1 heterocycles. The molecule has 1 rings (SSSR count). The summed E-state index contributed by atoms with van der Waals surface area (Å²) in [6.07, 6.45) is 0.284. The van der Waals surface area contributed by atoms with Crippen LogP contribution in [0.4, 0.5) is 0 Å². The molecule has 0 aliphatic heterocycles. The molecule has 1 atom stereocenters. The molecule has 0 saturated carbocycles. The van der Waals surface area contributed by atoms with E-state index in [1.807, 2.05) is 0 Å². The second kappa shape index (κ2) is 4.18. The highest BCUT2D eigenvalue weighted by Gasteiger charge is 2.07. The fraction of sp³-hybridized carbons (Fsp3) is 0.714. The second-order valence-corrected chi connectivity index (χ2v) is 2.63. The maximum absolute atomic E-state index is 8.97. The van der Waals surface area contributed by atoms with Crippen molar-refractivity contribution in [3.05, 3.63) is 11.7 Å². The summed E-state index contributed by atoms with van der Waals surface area (Å²) >= 11 is 0. The van der Waals surface area contributed by atoms with E-state index in [9.17, 15) is 0 Å². The zero-order chi connectivity index (χ0) is 8.97. The Balaban J connectivity index is 2.52. The number of hydrogen-bond donors (Lipinski definition) is 2. The predicted molar refractivity (Wildman–Crippen MR) is 40.5 cm³/mol. The molecule has 0 radical (unpaired) electrons. The zero-order valence-corrected chi connectivity index (χ0v) is 6.90. The van der Waals surface area contributed by atoms with Gasteiger partial charge < -0.3 is 14.7 Å². The number of rotatable bonds is 4. The largest absolute Gasteiger partial charge is 0.396 e. The molecule has 0 bridgehead atoms. The van der Waals surface area contributed by atoms with E-state index < -0.39 is 6.10 Å². The Morgan fingerprint density at radius 2 is 2.33 bits per heavy atom. The van der Waals surface area contributed by atoms with E-state index in [0.29, 0.717) is 24.6 Å². The maximum Gasteiger partial charge on any atom is 0.228 e. The molecule has 0 aliphatic carbocycles. The summed E-state index contributed by atoms with van der Waals surface area (Å²) in [6.45, 7) is 1.65. The maximum atomic E-state index is 8.97. The normalized spacial score (nSPS) is 13.2. The highest BCUT2D eigenvalue weighted by molar-refractivity contribution is 4.87. The monoisotopic (exact) mass is 172 g/mol. The van der Waals surface area contributed by atoms with E-state index in [0.717, 1.165) is 0 Å². The topological polar surface area (TPSA) is 79.4 Å². The molecule has 1 aromatic heterocycles. The zero-order valence-electron chi connectivity index (χ0n) is 6.90. The minimum absolute atomic E-state index is 0.00366. The highest BCUT2D eigenvalue weighted by atomic mass is 16.5. The first-order chi connectivity index (χ1) is 5.72. The van der Waals surface area contributed by atoms with Crippen molar-refractivity contribution in [2.75, 3.05) is 6.61 Å². The van der Waals surface area contributed by atoms with E-state index in [2.05, 4.69) is 10.1 Å². The molecule has 0 fully saturated rings. The van der Waals surface area contributed by atoms with E-state index in [1.54, 1.807) is 6.92 Å². The summed E-state index contributed by atoms with van der Waals surface area (Å²) in [7, 11) is 0. The van der Waals surface area contributed by atoms with Gasteiger partial charge in [0.2, 0.25) is 5.89 Å². The molecule has 5 nitrogen and oxygen atoms in total. The van der Waals surface area contributed by atoms with Gasteiger partial charge in [0, 0.05) is 6.42 Å². The lowest BCUT2D eigenvalue weighted by molar-refractivity contribution is 0.191. The Morgan fingerprint density at radius 3 is 2.92 bits per heavy atom. The standard InChI is InChI=1S/C7H12N2O3/c1-5(11)4-6-8-7(2-3-10)12-9-6/h5,10-11H,2-4H2,1H3. The summed E-state index contributed by atoms with van der Waals surface area (Å²) in [6, 6.07) is 0. The molecule has 1 unspecified atom stereocenters. The molecule has 0 saturated heterocycles. The molecule has 2 N–H and O–H groups in total. The van der Waals surface area contributed by atoms with Crippen molar-refractivity contribution in [2.45, 2.75) is 25.9 Å². The van der Waals surface area contributed by atoms with Crippen molar-refractivity contribution in [3.63, 3.8) is 0 Å². The number of aliphatic hydroxyl groups excluding tert-OH is 2. The minimum Gasteiger partial charge on any atom is -0.396 e. The Labute approximate surface area is 70.0 Å². The lowest BCUT2D eigenvalue weighted by atomic mass is 10.3. The number of aromatic nitrogens is 2. The van der Waals surface area contributed by atoms with Crippen LogP contribution in [0.25, 0.3) is 0 Å². The van der Waals surface area contributed by atoms with Gasteiger partial charge in [-0.05, 0) is 6.92 Å². The van der Waals surface area contributed by atoms with Crippen LogP contribution >= 0.6 is 0 Å². The summed E-state index contributed by atoms with van der Waals surface area (Å²) < 4.78 is 4.77. The van der Waals surface area contributed by atoms with Crippen molar-refractivity contribution in [1.82, 2.24) is 10.1 Å². The van der Waals surface area contributed by atoms with Gasteiger partial charge in [0.05, 0.1) is 19.1 Å². The first kappa shape index (κ1) is 9.15. The number of aliphatic hydroxyl groups is 2. The SMILES string of the molecule is CC(O)Cc1noc(CCO)n1. The molecular formula is C7H12N2O3. The molecule has 12 heavy (non-hydrogen) atoms. The molecule has 1 aromatic rings. The summed E-state index contributed by atoms with van der Waals surface area (Å²) in [4.78, 5) is 3.94. The molecule has 0 aliphatic rings. The first-order valence-electron chi connectivity index (χ1n) is 3.82. The average Bonchev–Trinajstić information content (AvgIpc) is 2.36. The van der Waals surface area contributed by atoms with Gasteiger partial charge in [-0.15, -0.1) is 0 Å². The molecular weight excluding hydrogens is 160 g/mol. The van der Waals surface area contributed by atoms with Gasteiger partial charge in [-0.1, -0.05) is 5.16 Å². The van der Waals surface area contributed by atoms with Crippen molar-refractivity contribution in [2.24, 2.45) is 0 Å². The van der Waals surface area contributed by atoms with Crippen molar-refractivity contribution in [1.29, 1.82) is 0 Å². The van der Waals surface area contributed by atoms with Crippen LogP contribution in [0.15, 0.2) is 4.52 Å². The summed E-state index contributed by atoms with van der Waals surface area (Å²) in [5.41, 5.74) is 0. The van der Waals surface area contributed by atoms with E-state index >= 15 is 0 Å². The van der Waals surface area contributed by atoms with Gasteiger partial charge in [0.1, 0.15) is 0 Å². The third-order valence-corrected chi connectivity index (χ3v) is 1.31. The quantitative estimate of drug-likeness (QED) is 0.641. The highest BCUT2D eigenvalue weighted by Crippen LogP contribution is 2.00. The van der Waals surface area contributed by atoms with E-state index in [-0.39, 0.29) is 6.61 Å². The Hall–Kier alpha value is -0.940. The third-order valence-electron chi connectivity index (χ3n) is 1.31. The van der Waals surface area contributed by atoms with Gasteiger partial charge in [0.25, 0.3) is 0 Å². The van der Waals surface area contributed by atoms with Crippen LogP contribution in [0.1, 0.15) is 18.6 Å². The summed E-state index contributed by atoms with van der Waals surface area (Å²) in [5.74, 6) is 0.890. The fourth-order valence-electron chi connectivity index (χ4n) is 0.834. The molecule has 5 heteroatoms. The van der Waals surface area contributed by atoms with E-state index in [1.165, 1.54) is 0 Å². The Kier molecular flexibility index (Phi) is 3.19. The van der Waals surface area contributed by atoms with Gasteiger partial charge in [-0.25, -0.2) is 0 Å². The van der Waals surface area contributed by atoms with Crippen LogP contribution in [0.5, 0.6) is 0 Å². The summed E-state index contributed by atoms with van der Waals surface area (Å²) in [5, 5.41) is 21.1. The second-order valence-electron chi connectivity index (χ2n) is 2.63. The predicted octanol–water partition coefficient (Wildman–Crippen LogP) is -0.472. The van der Waals surface area contributed by atoms with Crippen LogP contribution in [-0.2, 0) is 12.8 Å². The number of nitrogens with zero attached hydrogens (tertiary/aromatic N) is 2. The van der Waals surface area contributed by atoms with Crippen LogP contribution in [-0.4, -0.2) is 33.1 Å². The van der Waals surface area contributed by atoms with Gasteiger partial charge in [-0.3, -0.25) is 0 Å². The molecule has 0 aromatic carbocycles. The smallest absolute Gasteiger partial charge is 0.228 e. The fourth-order valence-corrected chi connectivity index (χ4v) is 0.834. The van der Waals surface area contributed by atoms with Crippen LogP contribution in [0.2, 0.25) is 0 Å². The van der Waals surface area contributed by atoms with Crippen molar-refractivity contribution < 1.29 is 14.7 Å². The average molecular weight is 172 g/mol.